The molecule has 0 unspecified atom stereocenters. The van der Waals surface area contributed by atoms with Crippen molar-refractivity contribution in [3.63, 3.8) is 0 Å². The van der Waals surface area contributed by atoms with Crippen molar-refractivity contribution in [2.24, 2.45) is 0 Å². The second-order valence-electron chi connectivity index (χ2n) is 8.21. The summed E-state index contributed by atoms with van der Waals surface area (Å²) in [5.41, 5.74) is 3.16. The van der Waals surface area contributed by atoms with Gasteiger partial charge in [-0.3, -0.25) is 4.79 Å². The lowest BCUT2D eigenvalue weighted by atomic mass is 9.89. The fourth-order valence-electron chi connectivity index (χ4n) is 4.37. The molecule has 0 radical (unpaired) electrons. The maximum atomic E-state index is 13.6. The highest BCUT2D eigenvalue weighted by Crippen LogP contribution is 2.30. The van der Waals surface area contributed by atoms with E-state index >= 15 is 0 Å². The van der Waals surface area contributed by atoms with Gasteiger partial charge in [0.2, 0.25) is 0 Å². The van der Waals surface area contributed by atoms with Crippen molar-refractivity contribution in [3.8, 4) is 0 Å². The SMILES string of the molecule is O=C(c1cnc2c(Br)cnn2c1NCc1cccc(F)c1)N1CCC(c2ccccc2)CC1. The number of hydrogen-bond donors (Lipinski definition) is 1. The molecule has 4 aromatic rings. The molecule has 1 amide bonds. The zero-order valence-corrected chi connectivity index (χ0v) is 19.5. The summed E-state index contributed by atoms with van der Waals surface area (Å²) in [7, 11) is 0. The molecule has 6 nitrogen and oxygen atoms in total. The molecular formula is C25H23BrFN5O. The number of rotatable bonds is 5. The van der Waals surface area contributed by atoms with E-state index in [0.717, 1.165) is 22.9 Å². The van der Waals surface area contributed by atoms with Crippen molar-refractivity contribution >= 4 is 33.3 Å². The summed E-state index contributed by atoms with van der Waals surface area (Å²) in [6, 6.07) is 16.8. The molecule has 33 heavy (non-hydrogen) atoms. The fourth-order valence-corrected chi connectivity index (χ4v) is 4.74. The van der Waals surface area contributed by atoms with E-state index in [9.17, 15) is 9.18 Å². The van der Waals surface area contributed by atoms with Crippen LogP contribution in [0.1, 0.15) is 40.2 Å². The summed E-state index contributed by atoms with van der Waals surface area (Å²) in [6.07, 6.45) is 5.09. The molecule has 0 aliphatic carbocycles. The summed E-state index contributed by atoms with van der Waals surface area (Å²) in [4.78, 5) is 19.9. The molecule has 1 N–H and O–H groups in total. The Balaban J connectivity index is 1.39. The van der Waals surface area contributed by atoms with E-state index in [1.165, 1.54) is 17.7 Å². The molecule has 1 fully saturated rings. The molecule has 1 aliphatic heterocycles. The van der Waals surface area contributed by atoms with Crippen LogP contribution in [0.5, 0.6) is 0 Å². The van der Waals surface area contributed by atoms with Gasteiger partial charge in [-0.1, -0.05) is 42.5 Å². The van der Waals surface area contributed by atoms with Crippen LogP contribution in [-0.4, -0.2) is 38.5 Å². The number of nitrogens with zero attached hydrogens (tertiary/aromatic N) is 4. The van der Waals surface area contributed by atoms with E-state index in [0.29, 0.717) is 42.6 Å². The molecule has 0 bridgehead atoms. The molecule has 2 aromatic heterocycles. The zero-order chi connectivity index (χ0) is 22.8. The van der Waals surface area contributed by atoms with Gasteiger partial charge in [0.1, 0.15) is 17.2 Å². The molecule has 1 aliphatic rings. The van der Waals surface area contributed by atoms with E-state index in [-0.39, 0.29) is 11.7 Å². The van der Waals surface area contributed by atoms with Crippen molar-refractivity contribution in [2.45, 2.75) is 25.3 Å². The Morgan fingerprint density at radius 2 is 1.88 bits per heavy atom. The van der Waals surface area contributed by atoms with Crippen molar-refractivity contribution in [1.29, 1.82) is 0 Å². The van der Waals surface area contributed by atoms with Gasteiger partial charge in [0.15, 0.2) is 5.65 Å². The Morgan fingerprint density at radius 3 is 2.64 bits per heavy atom. The topological polar surface area (TPSA) is 62.5 Å². The first-order chi connectivity index (χ1) is 16.1. The van der Waals surface area contributed by atoms with Crippen molar-refractivity contribution < 1.29 is 9.18 Å². The van der Waals surface area contributed by atoms with E-state index in [2.05, 4.69) is 55.6 Å². The van der Waals surface area contributed by atoms with Crippen molar-refractivity contribution in [3.05, 3.63) is 94.0 Å². The quantitative estimate of drug-likeness (QED) is 0.400. The van der Waals surface area contributed by atoms with Crippen LogP contribution in [0.2, 0.25) is 0 Å². The van der Waals surface area contributed by atoms with Crippen LogP contribution in [0.4, 0.5) is 10.2 Å². The van der Waals surface area contributed by atoms with Crippen LogP contribution in [-0.2, 0) is 6.54 Å². The molecule has 0 atom stereocenters. The predicted octanol–water partition coefficient (Wildman–Crippen LogP) is 5.26. The lowest BCUT2D eigenvalue weighted by Crippen LogP contribution is -2.38. The standard InChI is InChI=1S/C25H23BrFN5O/c26-22-16-30-32-23(28-14-17-5-4-8-20(27)13-17)21(15-29-24(22)32)25(33)31-11-9-19(10-12-31)18-6-2-1-3-7-18/h1-8,13,15-16,19,28H,9-12,14H2. The minimum absolute atomic E-state index is 0.0794. The average molecular weight is 508 g/mol. The molecule has 1 saturated heterocycles. The number of hydrogen-bond acceptors (Lipinski definition) is 4. The second-order valence-corrected chi connectivity index (χ2v) is 9.06. The Morgan fingerprint density at radius 1 is 1.09 bits per heavy atom. The second kappa shape index (κ2) is 9.31. The first-order valence-electron chi connectivity index (χ1n) is 10.9. The van der Waals surface area contributed by atoms with E-state index < -0.39 is 0 Å². The van der Waals surface area contributed by atoms with Gasteiger partial charge >= 0.3 is 0 Å². The number of halogens is 2. The van der Waals surface area contributed by atoms with Crippen molar-refractivity contribution in [2.75, 3.05) is 18.4 Å². The number of carbonyl (C=O) groups excluding carboxylic acids is 1. The minimum Gasteiger partial charge on any atom is -0.365 e. The maximum Gasteiger partial charge on any atom is 0.259 e. The molecule has 8 heteroatoms. The third-order valence-electron chi connectivity index (χ3n) is 6.12. The molecule has 5 rings (SSSR count). The summed E-state index contributed by atoms with van der Waals surface area (Å²) in [5, 5.41) is 7.68. The number of aromatic nitrogens is 3. The van der Waals surface area contributed by atoms with Crippen LogP contribution in [0, 0.1) is 5.82 Å². The first-order valence-corrected chi connectivity index (χ1v) is 11.7. The van der Waals surface area contributed by atoms with Gasteiger partial charge in [-0.2, -0.15) is 9.61 Å². The number of likely N-dealkylation sites (tertiary alicyclic amines) is 1. The monoisotopic (exact) mass is 507 g/mol. The van der Waals surface area contributed by atoms with Gasteiger partial charge in [-0.15, -0.1) is 0 Å². The Kier molecular flexibility index (Phi) is 6.09. The summed E-state index contributed by atoms with van der Waals surface area (Å²) in [6.45, 7) is 1.72. The average Bonchev–Trinajstić information content (AvgIpc) is 3.24. The van der Waals surface area contributed by atoms with Crippen LogP contribution in [0.15, 0.2) is 71.5 Å². The van der Waals surface area contributed by atoms with Gasteiger partial charge in [0, 0.05) is 25.8 Å². The smallest absolute Gasteiger partial charge is 0.259 e. The molecular weight excluding hydrogens is 485 g/mol. The number of piperidine rings is 1. The number of carbonyl (C=O) groups is 1. The summed E-state index contributed by atoms with van der Waals surface area (Å²) in [5.74, 6) is 0.631. The molecule has 168 valence electrons. The largest absolute Gasteiger partial charge is 0.365 e. The molecule has 0 saturated carbocycles. The van der Waals surface area contributed by atoms with Gasteiger partial charge in [0.25, 0.3) is 5.91 Å². The number of benzene rings is 2. The lowest BCUT2D eigenvalue weighted by Gasteiger charge is -2.32. The molecule has 0 spiro atoms. The Bertz CT molecular complexity index is 1280. The number of amides is 1. The van der Waals surface area contributed by atoms with Gasteiger partial charge in [-0.05, 0) is 57.9 Å². The lowest BCUT2D eigenvalue weighted by molar-refractivity contribution is 0.0713. The third-order valence-corrected chi connectivity index (χ3v) is 6.68. The van der Waals surface area contributed by atoms with E-state index in [1.54, 1.807) is 23.0 Å². The predicted molar refractivity (Wildman–Crippen MR) is 129 cm³/mol. The van der Waals surface area contributed by atoms with Crippen molar-refractivity contribution in [1.82, 2.24) is 19.5 Å². The maximum absolute atomic E-state index is 13.6. The molecule has 3 heterocycles. The summed E-state index contributed by atoms with van der Waals surface area (Å²) >= 11 is 3.46. The van der Waals surface area contributed by atoms with Crippen LogP contribution >= 0.6 is 15.9 Å². The van der Waals surface area contributed by atoms with Gasteiger partial charge in [0.05, 0.1) is 10.7 Å². The van der Waals surface area contributed by atoms with Crippen LogP contribution in [0.25, 0.3) is 5.65 Å². The molecule has 2 aromatic carbocycles. The van der Waals surface area contributed by atoms with Crippen LogP contribution < -0.4 is 5.32 Å². The minimum atomic E-state index is -0.298. The highest BCUT2D eigenvalue weighted by Gasteiger charge is 2.27. The van der Waals surface area contributed by atoms with Gasteiger partial charge in [-0.25, -0.2) is 9.37 Å². The number of fused-ring (bicyclic) bond motifs is 1. The zero-order valence-electron chi connectivity index (χ0n) is 17.9. The first kappa shape index (κ1) is 21.6. The summed E-state index contributed by atoms with van der Waals surface area (Å²) < 4.78 is 16.0. The fraction of sp³-hybridized carbons (Fsp3) is 0.240. The van der Waals surface area contributed by atoms with Gasteiger partial charge < -0.3 is 10.2 Å². The van der Waals surface area contributed by atoms with Crippen LogP contribution in [0.3, 0.4) is 0 Å². The number of nitrogens with one attached hydrogen (secondary N) is 1. The highest BCUT2D eigenvalue weighted by atomic mass is 79.9. The Hall–Kier alpha value is -3.26. The Labute approximate surface area is 199 Å². The highest BCUT2D eigenvalue weighted by molar-refractivity contribution is 9.10. The normalized spacial score (nSPS) is 14.5. The number of anilines is 1. The van der Waals surface area contributed by atoms with E-state index in [1.807, 2.05) is 17.0 Å². The third kappa shape index (κ3) is 4.48. The van der Waals surface area contributed by atoms with E-state index in [4.69, 9.17) is 0 Å².